The predicted molar refractivity (Wildman–Crippen MR) is 104 cm³/mol. The van der Waals surface area contributed by atoms with Crippen LogP contribution in [0.15, 0.2) is 22.8 Å². The number of fused-ring (bicyclic) bond motifs is 1. The van der Waals surface area contributed by atoms with Crippen molar-refractivity contribution in [2.24, 2.45) is 0 Å². The standard InChI is InChI=1S/C17H14BrClFN5OS/c1-8-13-14(18)22-15(16-21-9(2)23-27-16)25(13)6-5-24(8)17(26)10-3-4-11(19)12(20)7-10/h3-4,7-8H,5-6H2,1-2H3/t8-/m1/s1. The van der Waals surface area contributed by atoms with Crippen LogP contribution in [0.3, 0.4) is 0 Å². The second-order valence-electron chi connectivity index (χ2n) is 6.21. The van der Waals surface area contributed by atoms with Crippen molar-refractivity contribution in [2.75, 3.05) is 6.54 Å². The highest BCUT2D eigenvalue weighted by atomic mass is 79.9. The summed E-state index contributed by atoms with van der Waals surface area (Å²) in [6, 6.07) is 3.87. The molecule has 0 radical (unpaired) electrons. The molecule has 0 saturated heterocycles. The molecule has 140 valence electrons. The van der Waals surface area contributed by atoms with Crippen LogP contribution in [0, 0.1) is 12.7 Å². The topological polar surface area (TPSA) is 63.9 Å². The molecular formula is C17H14BrClFN5OS. The number of carbonyl (C=O) groups excluding carboxylic acids is 1. The Balaban J connectivity index is 1.69. The number of hydrogen-bond acceptors (Lipinski definition) is 5. The predicted octanol–water partition coefficient (Wildman–Crippen LogP) is 4.48. The highest BCUT2D eigenvalue weighted by Gasteiger charge is 2.33. The Labute approximate surface area is 172 Å². The van der Waals surface area contributed by atoms with Gasteiger partial charge in [0, 0.05) is 18.7 Å². The molecule has 0 fully saturated rings. The largest absolute Gasteiger partial charge is 0.328 e. The molecule has 1 amide bonds. The Hall–Kier alpha value is -1.84. The van der Waals surface area contributed by atoms with Gasteiger partial charge >= 0.3 is 0 Å². The molecular weight excluding hydrogens is 457 g/mol. The number of carbonyl (C=O) groups is 1. The summed E-state index contributed by atoms with van der Waals surface area (Å²) in [5.41, 5.74) is 1.15. The molecule has 1 atom stereocenters. The van der Waals surface area contributed by atoms with E-state index >= 15 is 0 Å². The molecule has 0 bridgehead atoms. The number of hydrogen-bond donors (Lipinski definition) is 0. The Morgan fingerprint density at radius 3 is 2.81 bits per heavy atom. The molecule has 1 aliphatic rings. The summed E-state index contributed by atoms with van der Waals surface area (Å²) in [7, 11) is 0. The minimum atomic E-state index is -0.604. The van der Waals surface area contributed by atoms with Crippen molar-refractivity contribution in [3.05, 3.63) is 50.7 Å². The first-order chi connectivity index (χ1) is 12.9. The van der Waals surface area contributed by atoms with Gasteiger partial charge in [-0.3, -0.25) is 4.79 Å². The fourth-order valence-electron chi connectivity index (χ4n) is 3.23. The fourth-order valence-corrected chi connectivity index (χ4v) is 4.73. The minimum Gasteiger partial charge on any atom is -0.328 e. The Kier molecular flexibility index (Phi) is 4.77. The molecule has 27 heavy (non-hydrogen) atoms. The van der Waals surface area contributed by atoms with Gasteiger partial charge in [0.25, 0.3) is 5.91 Å². The maximum Gasteiger partial charge on any atom is 0.254 e. The zero-order chi connectivity index (χ0) is 19.3. The summed E-state index contributed by atoms with van der Waals surface area (Å²) in [6.45, 7) is 4.80. The second kappa shape index (κ2) is 6.96. The van der Waals surface area contributed by atoms with Crippen LogP contribution in [0.2, 0.25) is 5.02 Å². The van der Waals surface area contributed by atoms with E-state index in [-0.39, 0.29) is 22.5 Å². The lowest BCUT2D eigenvalue weighted by Gasteiger charge is -2.35. The zero-order valence-corrected chi connectivity index (χ0v) is 17.6. The number of halogens is 3. The lowest BCUT2D eigenvalue weighted by molar-refractivity contribution is 0.0643. The third kappa shape index (κ3) is 3.17. The van der Waals surface area contributed by atoms with Crippen molar-refractivity contribution >= 4 is 45.0 Å². The van der Waals surface area contributed by atoms with Crippen LogP contribution >= 0.6 is 39.1 Å². The molecule has 3 heterocycles. The summed E-state index contributed by atoms with van der Waals surface area (Å²) in [6.07, 6.45) is 0. The molecule has 0 saturated carbocycles. The molecule has 3 aromatic rings. The van der Waals surface area contributed by atoms with Crippen molar-refractivity contribution in [2.45, 2.75) is 26.4 Å². The smallest absolute Gasteiger partial charge is 0.254 e. The van der Waals surface area contributed by atoms with E-state index < -0.39 is 5.82 Å². The monoisotopic (exact) mass is 469 g/mol. The SMILES string of the molecule is Cc1nsc(-c2nc(Br)c3n2CCN(C(=O)c2ccc(Cl)c(F)c2)[C@@H]3C)n1. The molecule has 1 aromatic carbocycles. The van der Waals surface area contributed by atoms with Gasteiger partial charge in [-0.25, -0.2) is 14.4 Å². The maximum absolute atomic E-state index is 13.8. The third-order valence-electron chi connectivity index (χ3n) is 4.54. The van der Waals surface area contributed by atoms with E-state index in [1.165, 1.54) is 29.7 Å². The first-order valence-corrected chi connectivity index (χ1v) is 10.1. The van der Waals surface area contributed by atoms with Gasteiger partial charge < -0.3 is 9.47 Å². The first-order valence-electron chi connectivity index (χ1n) is 8.19. The van der Waals surface area contributed by atoms with E-state index in [9.17, 15) is 9.18 Å². The van der Waals surface area contributed by atoms with Gasteiger partial charge in [-0.2, -0.15) is 4.37 Å². The van der Waals surface area contributed by atoms with Crippen LogP contribution in [0.4, 0.5) is 4.39 Å². The molecule has 6 nitrogen and oxygen atoms in total. The van der Waals surface area contributed by atoms with Crippen molar-refractivity contribution in [3.8, 4) is 10.8 Å². The van der Waals surface area contributed by atoms with E-state index in [2.05, 4.69) is 34.8 Å². The van der Waals surface area contributed by atoms with Gasteiger partial charge in [0.1, 0.15) is 16.2 Å². The van der Waals surface area contributed by atoms with Crippen LogP contribution < -0.4 is 0 Å². The van der Waals surface area contributed by atoms with Crippen molar-refractivity contribution < 1.29 is 9.18 Å². The van der Waals surface area contributed by atoms with Gasteiger partial charge in [-0.15, -0.1) is 0 Å². The quantitative estimate of drug-likeness (QED) is 0.554. The number of aryl methyl sites for hydroxylation is 1. The average molecular weight is 471 g/mol. The number of rotatable bonds is 2. The van der Waals surface area contributed by atoms with Gasteiger partial charge in [0.15, 0.2) is 10.8 Å². The summed E-state index contributed by atoms with van der Waals surface area (Å²) in [5, 5.41) is 0.738. The van der Waals surface area contributed by atoms with E-state index in [0.717, 1.165) is 16.5 Å². The van der Waals surface area contributed by atoms with E-state index in [1.54, 1.807) is 4.90 Å². The Morgan fingerprint density at radius 1 is 1.37 bits per heavy atom. The summed E-state index contributed by atoms with van der Waals surface area (Å²) < 4.78 is 20.7. The number of aromatic nitrogens is 4. The molecule has 2 aromatic heterocycles. The van der Waals surface area contributed by atoms with E-state index in [4.69, 9.17) is 11.6 Å². The van der Waals surface area contributed by atoms with E-state index in [1.807, 2.05) is 13.8 Å². The van der Waals surface area contributed by atoms with E-state index in [0.29, 0.717) is 23.5 Å². The van der Waals surface area contributed by atoms with Crippen LogP contribution in [0.5, 0.6) is 0 Å². The molecule has 0 spiro atoms. The summed E-state index contributed by atoms with van der Waals surface area (Å²) in [5.74, 6) is 0.589. The molecule has 1 aliphatic heterocycles. The molecule has 4 rings (SSSR count). The number of nitrogens with zero attached hydrogens (tertiary/aromatic N) is 5. The minimum absolute atomic E-state index is 0.00365. The van der Waals surface area contributed by atoms with Crippen LogP contribution in [-0.4, -0.2) is 36.3 Å². The lowest BCUT2D eigenvalue weighted by Crippen LogP contribution is -2.41. The summed E-state index contributed by atoms with van der Waals surface area (Å²) in [4.78, 5) is 23.6. The van der Waals surface area contributed by atoms with Crippen molar-refractivity contribution in [3.63, 3.8) is 0 Å². The first kappa shape index (κ1) is 18.5. The molecule has 0 N–H and O–H groups in total. The van der Waals surface area contributed by atoms with Gasteiger partial charge in [-0.1, -0.05) is 11.6 Å². The zero-order valence-electron chi connectivity index (χ0n) is 14.4. The van der Waals surface area contributed by atoms with Crippen LogP contribution in [-0.2, 0) is 6.54 Å². The van der Waals surface area contributed by atoms with Crippen molar-refractivity contribution in [1.82, 2.24) is 23.8 Å². The van der Waals surface area contributed by atoms with Gasteiger partial charge in [0.05, 0.1) is 16.8 Å². The highest BCUT2D eigenvalue weighted by molar-refractivity contribution is 9.10. The molecule has 0 unspecified atom stereocenters. The average Bonchev–Trinajstić information content (AvgIpc) is 3.21. The normalized spacial score (nSPS) is 16.5. The van der Waals surface area contributed by atoms with Gasteiger partial charge in [-0.05, 0) is 59.5 Å². The maximum atomic E-state index is 13.8. The fraction of sp³-hybridized carbons (Fsp3) is 0.294. The van der Waals surface area contributed by atoms with Crippen molar-refractivity contribution in [1.29, 1.82) is 0 Å². The van der Waals surface area contributed by atoms with Gasteiger partial charge in [0.2, 0.25) is 0 Å². The number of benzene rings is 1. The Morgan fingerprint density at radius 2 is 2.15 bits per heavy atom. The summed E-state index contributed by atoms with van der Waals surface area (Å²) >= 11 is 10.5. The lowest BCUT2D eigenvalue weighted by atomic mass is 10.1. The number of imidazole rings is 1. The number of amides is 1. The molecule has 10 heteroatoms. The molecule has 0 aliphatic carbocycles. The van der Waals surface area contributed by atoms with Crippen LogP contribution in [0.25, 0.3) is 10.8 Å². The highest BCUT2D eigenvalue weighted by Crippen LogP contribution is 2.36. The second-order valence-corrected chi connectivity index (χ2v) is 8.12. The Bertz CT molecular complexity index is 1050. The third-order valence-corrected chi connectivity index (χ3v) is 6.23. The van der Waals surface area contributed by atoms with Crippen LogP contribution in [0.1, 0.15) is 34.8 Å².